The van der Waals surface area contributed by atoms with Gasteiger partial charge in [0.1, 0.15) is 6.04 Å². The number of hydrogen-bond donors (Lipinski definition) is 3. The van der Waals surface area contributed by atoms with Crippen LogP contribution < -0.4 is 15.2 Å². The summed E-state index contributed by atoms with van der Waals surface area (Å²) in [6, 6.07) is 12.2. The van der Waals surface area contributed by atoms with Gasteiger partial charge in [0.2, 0.25) is 20.0 Å². The molecule has 2 rings (SSSR count). The van der Waals surface area contributed by atoms with E-state index in [4.69, 9.17) is 9.88 Å². The number of esters is 1. The highest BCUT2D eigenvalue weighted by atomic mass is 32.2. The van der Waals surface area contributed by atoms with Gasteiger partial charge in [0.15, 0.2) is 6.61 Å². The lowest BCUT2D eigenvalue weighted by molar-refractivity contribution is -0.149. The fourth-order valence-corrected chi connectivity index (χ4v) is 4.18. The molecule has 4 N–H and O–H groups in total. The summed E-state index contributed by atoms with van der Waals surface area (Å²) in [6.07, 6.45) is 0.415. The van der Waals surface area contributed by atoms with Gasteiger partial charge in [0.05, 0.1) is 9.79 Å². The number of primary sulfonamides is 1. The topological polar surface area (TPSA) is 162 Å². The fourth-order valence-electron chi connectivity index (χ4n) is 2.45. The molecule has 0 aliphatic heterocycles. The highest BCUT2D eigenvalue weighted by Gasteiger charge is 2.23. The Bertz CT molecular complexity index is 1120. The molecule has 31 heavy (non-hydrogen) atoms. The molecule has 168 valence electrons. The van der Waals surface area contributed by atoms with Crippen LogP contribution in [0.5, 0.6) is 0 Å². The number of carbonyl (C=O) groups is 2. The number of benzene rings is 2. The van der Waals surface area contributed by atoms with Crippen molar-refractivity contribution in [1.82, 2.24) is 10.0 Å². The molecule has 1 atom stereocenters. The van der Waals surface area contributed by atoms with Gasteiger partial charge in [-0.2, -0.15) is 4.72 Å². The predicted octanol–water partition coefficient (Wildman–Crippen LogP) is -0.0971. The van der Waals surface area contributed by atoms with E-state index < -0.39 is 44.6 Å². The molecule has 1 amide bonds. The number of nitrogens with one attached hydrogen (secondary N) is 2. The van der Waals surface area contributed by atoms with Crippen molar-refractivity contribution in [3.05, 3.63) is 60.2 Å². The van der Waals surface area contributed by atoms with E-state index in [1.807, 2.05) is 0 Å². The third-order valence-corrected chi connectivity index (χ3v) is 6.56. The fraction of sp³-hybridized carbons (Fsp3) is 0.263. The first-order valence-corrected chi connectivity index (χ1v) is 12.1. The molecular formula is C19H23N3O7S2. The molecule has 0 saturated carbocycles. The molecule has 0 aliphatic carbocycles. The number of rotatable bonds is 10. The van der Waals surface area contributed by atoms with Gasteiger partial charge in [0.25, 0.3) is 5.91 Å². The zero-order chi connectivity index (χ0) is 23.1. The molecule has 2 aromatic carbocycles. The molecule has 0 radical (unpaired) electrons. The molecule has 0 aliphatic rings. The van der Waals surface area contributed by atoms with Crippen LogP contribution in [0.3, 0.4) is 0 Å². The maximum absolute atomic E-state index is 12.2. The minimum atomic E-state index is -3.90. The maximum atomic E-state index is 12.2. The zero-order valence-electron chi connectivity index (χ0n) is 16.6. The van der Waals surface area contributed by atoms with E-state index in [9.17, 15) is 26.4 Å². The monoisotopic (exact) mass is 469 g/mol. The number of amides is 1. The van der Waals surface area contributed by atoms with E-state index in [1.54, 1.807) is 30.3 Å². The van der Waals surface area contributed by atoms with E-state index in [0.29, 0.717) is 6.42 Å². The Kier molecular flexibility index (Phi) is 8.28. The molecule has 0 heterocycles. The van der Waals surface area contributed by atoms with Gasteiger partial charge >= 0.3 is 5.97 Å². The largest absolute Gasteiger partial charge is 0.454 e. The highest BCUT2D eigenvalue weighted by Crippen LogP contribution is 2.09. The highest BCUT2D eigenvalue weighted by molar-refractivity contribution is 7.89. The Morgan fingerprint density at radius 2 is 1.58 bits per heavy atom. The van der Waals surface area contributed by atoms with Crippen LogP contribution in [0.1, 0.15) is 12.5 Å². The van der Waals surface area contributed by atoms with Crippen LogP contribution in [0.25, 0.3) is 0 Å². The molecule has 2 aromatic rings. The second kappa shape index (κ2) is 10.5. The number of hydrogen-bond acceptors (Lipinski definition) is 7. The van der Waals surface area contributed by atoms with Crippen LogP contribution in [-0.2, 0) is 40.8 Å². The first-order valence-electron chi connectivity index (χ1n) is 9.11. The summed E-state index contributed by atoms with van der Waals surface area (Å²) in [5.74, 6) is -1.46. The normalized spacial score (nSPS) is 12.7. The van der Waals surface area contributed by atoms with Gasteiger partial charge < -0.3 is 10.1 Å². The molecule has 0 spiro atoms. The van der Waals surface area contributed by atoms with Gasteiger partial charge in [-0.1, -0.05) is 30.3 Å². The quantitative estimate of drug-likeness (QED) is 0.409. The van der Waals surface area contributed by atoms with Gasteiger partial charge in [-0.25, -0.2) is 22.0 Å². The summed E-state index contributed by atoms with van der Waals surface area (Å²) in [5, 5.41) is 7.57. The Morgan fingerprint density at radius 1 is 0.968 bits per heavy atom. The van der Waals surface area contributed by atoms with Crippen LogP contribution in [-0.4, -0.2) is 47.9 Å². The molecule has 10 nitrogen and oxygen atoms in total. The van der Waals surface area contributed by atoms with Crippen molar-refractivity contribution in [1.29, 1.82) is 0 Å². The number of sulfonamides is 2. The molecule has 0 saturated heterocycles. The minimum Gasteiger partial charge on any atom is -0.454 e. The van der Waals surface area contributed by atoms with Crippen LogP contribution in [0.4, 0.5) is 0 Å². The van der Waals surface area contributed by atoms with E-state index >= 15 is 0 Å². The summed E-state index contributed by atoms with van der Waals surface area (Å²) >= 11 is 0. The summed E-state index contributed by atoms with van der Waals surface area (Å²) < 4.78 is 53.9. The Hall–Kier alpha value is -2.80. The summed E-state index contributed by atoms with van der Waals surface area (Å²) in [6.45, 7) is 0.966. The second-order valence-electron chi connectivity index (χ2n) is 6.55. The third kappa shape index (κ3) is 7.75. The lowest BCUT2D eigenvalue weighted by atomic mass is 10.1. The Labute approximate surface area is 180 Å². The van der Waals surface area contributed by atoms with Crippen molar-refractivity contribution in [3.8, 4) is 0 Å². The van der Waals surface area contributed by atoms with Gasteiger partial charge in [-0.15, -0.1) is 0 Å². The third-order valence-electron chi connectivity index (χ3n) is 4.07. The predicted molar refractivity (Wildman–Crippen MR) is 112 cm³/mol. The van der Waals surface area contributed by atoms with Crippen molar-refractivity contribution in [2.75, 3.05) is 13.2 Å². The average Bonchev–Trinajstić information content (AvgIpc) is 2.72. The first-order chi connectivity index (χ1) is 14.5. The number of carbonyl (C=O) groups excluding carboxylic acids is 2. The van der Waals surface area contributed by atoms with Crippen LogP contribution in [0, 0.1) is 0 Å². The zero-order valence-corrected chi connectivity index (χ0v) is 18.3. The van der Waals surface area contributed by atoms with Crippen LogP contribution in [0.2, 0.25) is 0 Å². The summed E-state index contributed by atoms with van der Waals surface area (Å²) in [7, 11) is -7.66. The van der Waals surface area contributed by atoms with E-state index in [-0.39, 0.29) is 16.3 Å². The Morgan fingerprint density at radius 3 is 2.16 bits per heavy atom. The summed E-state index contributed by atoms with van der Waals surface area (Å²) in [4.78, 5) is 23.8. The molecule has 0 bridgehead atoms. The number of nitrogens with two attached hydrogens (primary N) is 1. The van der Waals surface area contributed by atoms with Crippen molar-refractivity contribution >= 4 is 31.9 Å². The van der Waals surface area contributed by atoms with Crippen molar-refractivity contribution in [2.24, 2.45) is 5.14 Å². The summed E-state index contributed by atoms with van der Waals surface area (Å²) in [5.41, 5.74) is 0.772. The smallest absolute Gasteiger partial charge is 0.324 e. The van der Waals surface area contributed by atoms with E-state index in [2.05, 4.69) is 10.0 Å². The molecule has 12 heteroatoms. The lowest BCUT2D eigenvalue weighted by Crippen LogP contribution is -2.41. The van der Waals surface area contributed by atoms with Gasteiger partial charge in [0, 0.05) is 6.54 Å². The molecular weight excluding hydrogens is 446 g/mol. The lowest BCUT2D eigenvalue weighted by Gasteiger charge is -2.14. The molecule has 0 aromatic heterocycles. The van der Waals surface area contributed by atoms with Crippen molar-refractivity contribution in [3.63, 3.8) is 0 Å². The Balaban J connectivity index is 1.74. The molecule has 0 fully saturated rings. The molecule has 1 unspecified atom stereocenters. The van der Waals surface area contributed by atoms with E-state index in [1.165, 1.54) is 31.2 Å². The average molecular weight is 470 g/mol. The van der Waals surface area contributed by atoms with E-state index in [0.717, 1.165) is 5.56 Å². The van der Waals surface area contributed by atoms with Crippen LogP contribution >= 0.6 is 0 Å². The SMILES string of the molecule is CC(NS(=O)(=O)c1ccccc1)C(=O)OCC(=O)NCCc1ccc(S(N)(=O)=O)cc1. The first kappa shape index (κ1) is 24.5. The van der Waals surface area contributed by atoms with Crippen molar-refractivity contribution < 1.29 is 31.2 Å². The standard InChI is InChI=1S/C19H23N3O7S2/c1-14(22-31(27,28)17-5-3-2-4-6-17)19(24)29-13-18(23)21-12-11-15-7-9-16(10-8-15)30(20,25)26/h2-10,14,22H,11-13H2,1H3,(H,21,23)(H2,20,25,26). The minimum absolute atomic E-state index is 0.00416. The van der Waals surface area contributed by atoms with Gasteiger partial charge in [-0.3, -0.25) is 9.59 Å². The van der Waals surface area contributed by atoms with Gasteiger partial charge in [-0.05, 0) is 43.2 Å². The maximum Gasteiger partial charge on any atom is 0.324 e. The number of ether oxygens (including phenoxy) is 1. The van der Waals surface area contributed by atoms with Crippen molar-refractivity contribution in [2.45, 2.75) is 29.2 Å². The van der Waals surface area contributed by atoms with Crippen LogP contribution in [0.15, 0.2) is 64.4 Å². The second-order valence-corrected chi connectivity index (χ2v) is 9.83.